The van der Waals surface area contributed by atoms with E-state index in [1.54, 1.807) is 18.0 Å². The SMILES string of the molecule is CC(C)CN1C(=O)CSC1c1cnccc1Br. The van der Waals surface area contributed by atoms with Crippen molar-refractivity contribution in [3.8, 4) is 0 Å². The van der Waals surface area contributed by atoms with Crippen LogP contribution in [0.4, 0.5) is 0 Å². The summed E-state index contributed by atoms with van der Waals surface area (Å²) in [5.74, 6) is 1.28. The van der Waals surface area contributed by atoms with Gasteiger partial charge in [0.1, 0.15) is 5.37 Å². The van der Waals surface area contributed by atoms with Crippen molar-refractivity contribution in [2.45, 2.75) is 19.2 Å². The molecule has 17 heavy (non-hydrogen) atoms. The number of rotatable bonds is 3. The average Bonchev–Trinajstić information content (AvgIpc) is 2.61. The highest BCUT2D eigenvalue weighted by Gasteiger charge is 2.34. The molecule has 0 spiro atoms. The molecule has 0 aliphatic carbocycles. The Balaban J connectivity index is 2.25. The smallest absolute Gasteiger partial charge is 0.233 e. The highest BCUT2D eigenvalue weighted by Crippen LogP contribution is 2.41. The van der Waals surface area contributed by atoms with Crippen LogP contribution in [0.2, 0.25) is 0 Å². The summed E-state index contributed by atoms with van der Waals surface area (Å²) in [5.41, 5.74) is 1.09. The molecule has 1 aromatic heterocycles. The summed E-state index contributed by atoms with van der Waals surface area (Å²) >= 11 is 5.20. The van der Waals surface area contributed by atoms with Gasteiger partial charge in [0.15, 0.2) is 0 Å². The van der Waals surface area contributed by atoms with Crippen molar-refractivity contribution in [3.63, 3.8) is 0 Å². The van der Waals surface area contributed by atoms with Crippen molar-refractivity contribution >= 4 is 33.6 Å². The highest BCUT2D eigenvalue weighted by molar-refractivity contribution is 9.10. The van der Waals surface area contributed by atoms with E-state index < -0.39 is 0 Å². The zero-order chi connectivity index (χ0) is 12.4. The van der Waals surface area contributed by atoms with Gasteiger partial charge < -0.3 is 4.90 Å². The molecule has 0 radical (unpaired) electrons. The molecule has 2 heterocycles. The summed E-state index contributed by atoms with van der Waals surface area (Å²) in [4.78, 5) is 18.0. The van der Waals surface area contributed by atoms with Crippen molar-refractivity contribution < 1.29 is 4.79 Å². The maximum atomic E-state index is 11.9. The van der Waals surface area contributed by atoms with Gasteiger partial charge in [-0.3, -0.25) is 9.78 Å². The minimum Gasteiger partial charge on any atom is -0.325 e. The minimum atomic E-state index is 0.105. The Morgan fingerprint density at radius 1 is 1.65 bits per heavy atom. The van der Waals surface area contributed by atoms with Gasteiger partial charge in [0.2, 0.25) is 5.91 Å². The molecule has 1 amide bonds. The molecule has 1 saturated heterocycles. The van der Waals surface area contributed by atoms with Crippen molar-refractivity contribution in [1.29, 1.82) is 0 Å². The summed E-state index contributed by atoms with van der Waals surface area (Å²) in [6, 6.07) is 1.92. The van der Waals surface area contributed by atoms with Crippen molar-refractivity contribution in [2.24, 2.45) is 5.92 Å². The Labute approximate surface area is 114 Å². The summed E-state index contributed by atoms with van der Waals surface area (Å²) in [6.07, 6.45) is 3.59. The number of carbonyl (C=O) groups excluding carboxylic acids is 1. The third kappa shape index (κ3) is 2.83. The molecule has 0 N–H and O–H groups in total. The predicted octanol–water partition coefficient (Wildman–Crippen LogP) is 3.07. The van der Waals surface area contributed by atoms with Crippen LogP contribution in [0.1, 0.15) is 24.8 Å². The molecule has 5 heteroatoms. The fourth-order valence-electron chi connectivity index (χ4n) is 1.87. The van der Waals surface area contributed by atoms with Gasteiger partial charge in [0, 0.05) is 29.0 Å². The molecule has 0 bridgehead atoms. The maximum absolute atomic E-state index is 11.9. The predicted molar refractivity (Wildman–Crippen MR) is 73.7 cm³/mol. The van der Waals surface area contributed by atoms with Crippen LogP contribution < -0.4 is 0 Å². The van der Waals surface area contributed by atoms with Gasteiger partial charge in [0.25, 0.3) is 0 Å². The Kier molecular flexibility index (Phi) is 4.09. The number of amides is 1. The number of hydrogen-bond donors (Lipinski definition) is 0. The molecule has 3 nitrogen and oxygen atoms in total. The van der Waals surface area contributed by atoms with Crippen molar-refractivity contribution in [3.05, 3.63) is 28.5 Å². The first-order chi connectivity index (χ1) is 8.09. The largest absolute Gasteiger partial charge is 0.325 e. The first-order valence-electron chi connectivity index (χ1n) is 5.60. The van der Waals surface area contributed by atoms with E-state index in [9.17, 15) is 4.79 Å². The van der Waals surface area contributed by atoms with E-state index in [-0.39, 0.29) is 11.3 Å². The summed E-state index contributed by atoms with van der Waals surface area (Å²) in [5, 5.41) is 0.105. The average molecular weight is 315 g/mol. The number of thioether (sulfide) groups is 1. The normalized spacial score (nSPS) is 20.4. The van der Waals surface area contributed by atoms with E-state index in [2.05, 4.69) is 34.8 Å². The fraction of sp³-hybridized carbons (Fsp3) is 0.500. The van der Waals surface area contributed by atoms with Crippen LogP contribution in [0.25, 0.3) is 0 Å². The molecular weight excluding hydrogens is 300 g/mol. The number of nitrogens with zero attached hydrogens (tertiary/aromatic N) is 2. The molecule has 1 unspecified atom stereocenters. The summed E-state index contributed by atoms with van der Waals surface area (Å²) in [7, 11) is 0. The van der Waals surface area contributed by atoms with Gasteiger partial charge in [-0.2, -0.15) is 0 Å². The van der Waals surface area contributed by atoms with Crippen molar-refractivity contribution in [1.82, 2.24) is 9.88 Å². The topological polar surface area (TPSA) is 33.2 Å². The monoisotopic (exact) mass is 314 g/mol. The van der Waals surface area contributed by atoms with Crippen LogP contribution in [-0.4, -0.2) is 28.1 Å². The number of hydrogen-bond acceptors (Lipinski definition) is 3. The molecule has 1 fully saturated rings. The molecule has 1 aromatic rings. The second-order valence-corrected chi connectivity index (χ2v) is 6.42. The zero-order valence-electron chi connectivity index (χ0n) is 9.89. The van der Waals surface area contributed by atoms with Crippen LogP contribution >= 0.6 is 27.7 Å². The number of pyridine rings is 1. The molecule has 0 aromatic carbocycles. The Morgan fingerprint density at radius 3 is 3.06 bits per heavy atom. The highest BCUT2D eigenvalue weighted by atomic mass is 79.9. The Bertz CT molecular complexity index is 425. The lowest BCUT2D eigenvalue weighted by atomic mass is 10.2. The van der Waals surface area contributed by atoms with E-state index >= 15 is 0 Å². The quantitative estimate of drug-likeness (QED) is 0.859. The van der Waals surface area contributed by atoms with Crippen LogP contribution in [-0.2, 0) is 4.79 Å². The molecule has 1 atom stereocenters. The van der Waals surface area contributed by atoms with E-state index in [0.717, 1.165) is 16.6 Å². The fourth-order valence-corrected chi connectivity index (χ4v) is 3.68. The number of aromatic nitrogens is 1. The standard InChI is InChI=1S/C12H15BrN2OS/c1-8(2)6-15-11(16)7-17-12(15)9-5-14-4-3-10(9)13/h3-5,8,12H,6-7H2,1-2H3. The molecule has 1 aliphatic heterocycles. The van der Waals surface area contributed by atoms with Gasteiger partial charge in [-0.15, -0.1) is 11.8 Å². The summed E-state index contributed by atoms with van der Waals surface area (Å²) in [6.45, 7) is 5.06. The lowest BCUT2D eigenvalue weighted by Crippen LogP contribution is -2.31. The molecule has 92 valence electrons. The maximum Gasteiger partial charge on any atom is 0.233 e. The lowest BCUT2D eigenvalue weighted by Gasteiger charge is -2.26. The van der Waals surface area contributed by atoms with Crippen LogP contribution in [0.5, 0.6) is 0 Å². The third-order valence-corrected chi connectivity index (χ3v) is 4.55. The first-order valence-corrected chi connectivity index (χ1v) is 7.44. The van der Waals surface area contributed by atoms with Gasteiger partial charge >= 0.3 is 0 Å². The third-order valence-electron chi connectivity index (χ3n) is 2.59. The molecule has 2 rings (SSSR count). The van der Waals surface area contributed by atoms with Crippen LogP contribution in [0.3, 0.4) is 0 Å². The Morgan fingerprint density at radius 2 is 2.41 bits per heavy atom. The van der Waals surface area contributed by atoms with Gasteiger partial charge in [0.05, 0.1) is 5.75 Å². The number of halogens is 1. The second-order valence-electron chi connectivity index (χ2n) is 4.50. The minimum absolute atomic E-state index is 0.105. The van der Waals surface area contributed by atoms with E-state index in [1.165, 1.54) is 0 Å². The van der Waals surface area contributed by atoms with E-state index in [1.807, 2.05) is 17.2 Å². The zero-order valence-corrected chi connectivity index (χ0v) is 12.3. The second kappa shape index (κ2) is 5.40. The van der Waals surface area contributed by atoms with Gasteiger partial charge in [-0.25, -0.2) is 0 Å². The van der Waals surface area contributed by atoms with Crippen LogP contribution in [0, 0.1) is 5.92 Å². The van der Waals surface area contributed by atoms with Crippen LogP contribution in [0.15, 0.2) is 22.9 Å². The van der Waals surface area contributed by atoms with Crippen molar-refractivity contribution in [2.75, 3.05) is 12.3 Å². The van der Waals surface area contributed by atoms with E-state index in [0.29, 0.717) is 11.7 Å². The first kappa shape index (κ1) is 12.9. The van der Waals surface area contributed by atoms with E-state index in [4.69, 9.17) is 0 Å². The Hall–Kier alpha value is -0.550. The number of carbonyl (C=O) groups is 1. The van der Waals surface area contributed by atoms with Gasteiger partial charge in [-0.05, 0) is 12.0 Å². The molecular formula is C12H15BrN2OS. The van der Waals surface area contributed by atoms with Gasteiger partial charge in [-0.1, -0.05) is 29.8 Å². The lowest BCUT2D eigenvalue weighted by molar-refractivity contribution is -0.128. The molecule has 0 saturated carbocycles. The molecule has 1 aliphatic rings. The summed E-state index contributed by atoms with van der Waals surface area (Å²) < 4.78 is 1.02.